The first-order chi connectivity index (χ1) is 14.5. The lowest BCUT2D eigenvalue weighted by Gasteiger charge is -2.20. The molecule has 2 aromatic rings. The number of amidine groups is 2. The summed E-state index contributed by atoms with van der Waals surface area (Å²) in [6, 6.07) is 9.70. The highest BCUT2D eigenvalue weighted by molar-refractivity contribution is 8.26. The molecule has 1 aromatic carbocycles. The normalized spacial score (nSPS) is 17.2. The predicted molar refractivity (Wildman–Crippen MR) is 117 cm³/mol. The monoisotopic (exact) mass is 422 g/mol. The molecule has 0 atom stereocenters. The summed E-state index contributed by atoms with van der Waals surface area (Å²) in [6.07, 6.45) is 6.19. The van der Waals surface area contributed by atoms with Crippen molar-refractivity contribution in [2.75, 3.05) is 0 Å². The van der Waals surface area contributed by atoms with Crippen LogP contribution in [0.5, 0.6) is 0 Å². The molecule has 30 heavy (non-hydrogen) atoms. The molecule has 3 heterocycles. The Hall–Kier alpha value is -3.53. The van der Waals surface area contributed by atoms with Crippen LogP contribution in [0.15, 0.2) is 58.3 Å². The van der Waals surface area contributed by atoms with Crippen molar-refractivity contribution < 1.29 is 9.72 Å². The second-order valence-electron chi connectivity index (χ2n) is 6.69. The van der Waals surface area contributed by atoms with Crippen molar-refractivity contribution in [2.24, 2.45) is 10.1 Å². The molecule has 2 aliphatic rings. The summed E-state index contributed by atoms with van der Waals surface area (Å²) in [7, 11) is 0. The van der Waals surface area contributed by atoms with E-state index >= 15 is 0 Å². The van der Waals surface area contributed by atoms with Gasteiger partial charge in [0.25, 0.3) is 11.6 Å². The first-order valence-electron chi connectivity index (χ1n) is 9.39. The molecular weight excluding hydrogens is 404 g/mol. The zero-order chi connectivity index (χ0) is 21.3. The minimum atomic E-state index is -0.484. The van der Waals surface area contributed by atoms with Gasteiger partial charge >= 0.3 is 0 Å². The van der Waals surface area contributed by atoms with E-state index in [0.717, 1.165) is 24.3 Å². The van der Waals surface area contributed by atoms with E-state index in [9.17, 15) is 14.9 Å². The fourth-order valence-corrected chi connectivity index (χ4v) is 4.02. The highest BCUT2D eigenvalue weighted by Gasteiger charge is 2.35. The van der Waals surface area contributed by atoms with Crippen LogP contribution in [-0.4, -0.2) is 36.5 Å². The van der Waals surface area contributed by atoms with Crippen LogP contribution < -0.4 is 0 Å². The number of hydrazone groups is 1. The zero-order valence-electron chi connectivity index (χ0n) is 16.1. The number of unbranched alkanes of at least 4 members (excludes halogenated alkanes) is 1. The van der Waals surface area contributed by atoms with Crippen molar-refractivity contribution in [3.05, 3.63) is 64.0 Å². The van der Waals surface area contributed by atoms with Crippen LogP contribution in [0.4, 0.5) is 5.69 Å². The predicted octanol–water partition coefficient (Wildman–Crippen LogP) is 4.19. The van der Waals surface area contributed by atoms with Crippen LogP contribution >= 0.6 is 11.8 Å². The summed E-state index contributed by atoms with van der Waals surface area (Å²) < 4.78 is 1.78. The Morgan fingerprint density at radius 2 is 2.03 bits per heavy atom. The van der Waals surface area contributed by atoms with Gasteiger partial charge in [0.15, 0.2) is 5.84 Å². The number of aliphatic imine (C=N–C) groups is 1. The second kappa shape index (κ2) is 8.07. The van der Waals surface area contributed by atoms with Gasteiger partial charge in [-0.25, -0.2) is 0 Å². The van der Waals surface area contributed by atoms with Gasteiger partial charge in [0, 0.05) is 29.7 Å². The van der Waals surface area contributed by atoms with Gasteiger partial charge in [-0.2, -0.15) is 15.1 Å². The van der Waals surface area contributed by atoms with Crippen molar-refractivity contribution in [1.82, 2.24) is 9.58 Å². The van der Waals surface area contributed by atoms with Crippen molar-refractivity contribution in [3.63, 3.8) is 0 Å². The Labute approximate surface area is 176 Å². The molecule has 2 aliphatic heterocycles. The fourth-order valence-electron chi connectivity index (χ4n) is 3.09. The van der Waals surface area contributed by atoms with Crippen LogP contribution in [0, 0.1) is 15.5 Å². The number of nitrogens with one attached hydrogen (secondary N) is 1. The number of nitrogens with zero attached hydrogens (tertiary/aromatic N) is 5. The average Bonchev–Trinajstić information content (AvgIpc) is 3.36. The second-order valence-corrected chi connectivity index (χ2v) is 7.73. The molecule has 9 nitrogen and oxygen atoms in total. The van der Waals surface area contributed by atoms with Gasteiger partial charge < -0.3 is 4.57 Å². The maximum atomic E-state index is 12.6. The number of benzene rings is 1. The summed E-state index contributed by atoms with van der Waals surface area (Å²) in [5, 5.41) is 26.5. The lowest BCUT2D eigenvalue weighted by molar-refractivity contribution is -0.384. The maximum Gasteiger partial charge on any atom is 0.283 e. The molecule has 0 aliphatic carbocycles. The van der Waals surface area contributed by atoms with Crippen LogP contribution in [0.25, 0.3) is 11.8 Å². The van der Waals surface area contributed by atoms with Crippen LogP contribution in [0.1, 0.15) is 31.9 Å². The number of hydrogen-bond acceptors (Lipinski definition) is 6. The van der Waals surface area contributed by atoms with Crippen molar-refractivity contribution in [2.45, 2.75) is 26.2 Å². The molecular formula is C20H18N6O3S. The van der Waals surface area contributed by atoms with Gasteiger partial charge in [-0.15, -0.1) is 0 Å². The van der Waals surface area contributed by atoms with Crippen molar-refractivity contribution in [1.29, 1.82) is 5.41 Å². The number of amides is 1. The Kier molecular flexibility index (Phi) is 5.32. The quantitative estimate of drug-likeness (QED) is 0.425. The molecule has 0 saturated carbocycles. The number of carbonyl (C=O) groups excluding carboxylic acids is 1. The summed E-state index contributed by atoms with van der Waals surface area (Å²) >= 11 is 1.33. The number of rotatable bonds is 6. The number of non-ortho nitro benzene ring substituents is 1. The van der Waals surface area contributed by atoms with E-state index in [1.165, 1.54) is 28.9 Å². The third-order valence-electron chi connectivity index (χ3n) is 4.65. The molecule has 1 amide bonds. The maximum absolute atomic E-state index is 12.6. The van der Waals surface area contributed by atoms with Crippen LogP contribution in [0.3, 0.4) is 0 Å². The summed E-state index contributed by atoms with van der Waals surface area (Å²) in [6.45, 7) is 2.09. The zero-order valence-corrected chi connectivity index (χ0v) is 16.9. The molecule has 0 bridgehead atoms. The molecule has 10 heteroatoms. The number of nitro benzene ring substituents is 1. The first-order valence-corrected chi connectivity index (χ1v) is 10.2. The molecule has 0 fully saturated rings. The largest absolute Gasteiger partial charge is 0.317 e. The minimum Gasteiger partial charge on any atom is -0.317 e. The topological polar surface area (TPSA) is 117 Å². The first kappa shape index (κ1) is 19.8. The number of nitro groups is 1. The minimum absolute atomic E-state index is 0.000172. The molecule has 0 saturated heterocycles. The molecule has 4 rings (SSSR count). The SMILES string of the molecule is CCCCC1=NN2C(=N)/C(=C/c3cccn3-c3ccc([N+](=O)[O-])cc3)C(=O)N=C2S1. The number of thioether (sulfide) groups is 1. The Balaban J connectivity index is 1.64. The lowest BCUT2D eigenvalue weighted by atomic mass is 10.1. The lowest BCUT2D eigenvalue weighted by Crippen LogP contribution is -2.35. The van der Waals surface area contributed by atoms with Gasteiger partial charge in [-0.05, 0) is 54.9 Å². The van der Waals surface area contributed by atoms with Gasteiger partial charge in [-0.3, -0.25) is 20.3 Å². The van der Waals surface area contributed by atoms with Crippen LogP contribution in [0.2, 0.25) is 0 Å². The van der Waals surface area contributed by atoms with Gasteiger partial charge in [0.2, 0.25) is 5.17 Å². The molecule has 0 radical (unpaired) electrons. The summed E-state index contributed by atoms with van der Waals surface area (Å²) in [5.41, 5.74) is 1.49. The third-order valence-corrected chi connectivity index (χ3v) is 5.62. The van der Waals surface area contributed by atoms with E-state index in [1.54, 1.807) is 41.1 Å². The summed E-state index contributed by atoms with van der Waals surface area (Å²) in [5.74, 6) is -0.498. The molecule has 1 N–H and O–H groups in total. The van der Waals surface area contributed by atoms with E-state index in [0.29, 0.717) is 16.5 Å². The number of aromatic nitrogens is 1. The Bertz CT molecular complexity index is 1130. The van der Waals surface area contributed by atoms with E-state index in [4.69, 9.17) is 5.41 Å². The number of hydrogen-bond donors (Lipinski definition) is 1. The van der Waals surface area contributed by atoms with Crippen LogP contribution in [-0.2, 0) is 4.79 Å². The molecule has 152 valence electrons. The van der Waals surface area contributed by atoms with Gasteiger partial charge in [0.05, 0.1) is 10.5 Å². The average molecular weight is 422 g/mol. The van der Waals surface area contributed by atoms with Crippen molar-refractivity contribution >= 4 is 45.5 Å². The molecule has 1 aromatic heterocycles. The van der Waals surface area contributed by atoms with Gasteiger partial charge in [0.1, 0.15) is 5.04 Å². The highest BCUT2D eigenvalue weighted by atomic mass is 32.2. The smallest absolute Gasteiger partial charge is 0.283 e. The number of fused-ring (bicyclic) bond motifs is 1. The standard InChI is InChI=1S/C20H18N6O3S/c1-2-3-6-17-23-25-18(21)16(19(27)22-20(25)30-17)12-15-5-4-11-24(15)13-7-9-14(10-8-13)26(28)29/h4-5,7-12,21H,2-3,6H2,1H3/b16-12-,21-18?. The number of carbonyl (C=O) groups is 1. The van der Waals surface area contributed by atoms with Gasteiger partial charge in [-0.1, -0.05) is 13.3 Å². The molecule has 0 unspecified atom stereocenters. The fraction of sp³-hybridized carbons (Fsp3) is 0.200. The van der Waals surface area contributed by atoms with E-state index in [-0.39, 0.29) is 17.1 Å². The molecule has 0 spiro atoms. The van der Waals surface area contributed by atoms with Crippen molar-refractivity contribution in [3.8, 4) is 5.69 Å². The Morgan fingerprint density at radius 3 is 2.73 bits per heavy atom. The van der Waals surface area contributed by atoms with E-state index in [2.05, 4.69) is 17.0 Å². The third kappa shape index (κ3) is 3.69. The Morgan fingerprint density at radius 1 is 1.27 bits per heavy atom. The highest BCUT2D eigenvalue weighted by Crippen LogP contribution is 2.30. The summed E-state index contributed by atoms with van der Waals surface area (Å²) in [4.78, 5) is 27.1. The van der Waals surface area contributed by atoms with E-state index in [1.807, 2.05) is 0 Å². The van der Waals surface area contributed by atoms with E-state index < -0.39 is 10.8 Å².